The Kier molecular flexibility index (Phi) is 7.89. The van der Waals surface area contributed by atoms with Crippen molar-refractivity contribution in [2.75, 3.05) is 18.1 Å². The Balaban J connectivity index is 2.13. The van der Waals surface area contributed by atoms with Gasteiger partial charge in [-0.05, 0) is 12.0 Å². The normalized spacial score (nSPS) is 14.3. The van der Waals surface area contributed by atoms with Crippen LogP contribution in [0.4, 0.5) is 0 Å². The van der Waals surface area contributed by atoms with Gasteiger partial charge in [0, 0.05) is 16.6 Å². The fourth-order valence-corrected chi connectivity index (χ4v) is 2.84. The molecule has 102 valence electrons. The summed E-state index contributed by atoms with van der Waals surface area (Å²) < 4.78 is 16.9. The van der Waals surface area contributed by atoms with Crippen molar-refractivity contribution in [2.45, 2.75) is 32.5 Å². The van der Waals surface area contributed by atoms with Gasteiger partial charge in [0.25, 0.3) is 0 Å². The highest BCUT2D eigenvalue weighted by molar-refractivity contribution is 7.85. The van der Waals surface area contributed by atoms with E-state index in [1.54, 1.807) is 0 Å². The molecular formula is C14H22O3S. The smallest absolute Gasteiger partial charge is 0.0888 e. The fourth-order valence-electron chi connectivity index (χ4n) is 1.54. The Bertz CT molecular complexity index is 340. The SMILES string of the molecule is CCCCS(=O)CC(O)COCc1ccccc1. The van der Waals surface area contributed by atoms with E-state index >= 15 is 0 Å². The third kappa shape index (κ3) is 6.89. The molecule has 1 rings (SSSR count). The first-order chi connectivity index (χ1) is 8.72. The lowest BCUT2D eigenvalue weighted by molar-refractivity contribution is 0.0394. The second-order valence-electron chi connectivity index (χ2n) is 4.32. The van der Waals surface area contributed by atoms with Crippen LogP contribution in [0.3, 0.4) is 0 Å². The molecule has 0 aliphatic carbocycles. The zero-order chi connectivity index (χ0) is 13.2. The summed E-state index contributed by atoms with van der Waals surface area (Å²) in [5, 5.41) is 9.68. The van der Waals surface area contributed by atoms with Crippen molar-refractivity contribution in [1.82, 2.24) is 0 Å². The highest BCUT2D eigenvalue weighted by Gasteiger charge is 2.09. The molecule has 3 nitrogen and oxygen atoms in total. The molecular weight excluding hydrogens is 248 g/mol. The summed E-state index contributed by atoms with van der Waals surface area (Å²) in [7, 11) is -0.928. The van der Waals surface area contributed by atoms with Crippen LogP contribution in [-0.4, -0.2) is 33.5 Å². The largest absolute Gasteiger partial charge is 0.390 e. The molecule has 2 unspecified atom stereocenters. The Morgan fingerprint density at radius 3 is 2.72 bits per heavy atom. The summed E-state index contributed by atoms with van der Waals surface area (Å²) in [6.45, 7) is 2.79. The van der Waals surface area contributed by atoms with Gasteiger partial charge in [-0.2, -0.15) is 0 Å². The maximum absolute atomic E-state index is 11.5. The highest BCUT2D eigenvalue weighted by atomic mass is 32.2. The van der Waals surface area contributed by atoms with Gasteiger partial charge in [-0.3, -0.25) is 4.21 Å². The van der Waals surface area contributed by atoms with Gasteiger partial charge >= 0.3 is 0 Å². The van der Waals surface area contributed by atoms with Crippen molar-refractivity contribution in [1.29, 1.82) is 0 Å². The molecule has 0 saturated carbocycles. The Hall–Kier alpha value is -0.710. The summed E-state index contributed by atoms with van der Waals surface area (Å²) in [4.78, 5) is 0. The predicted molar refractivity (Wildman–Crippen MR) is 74.9 cm³/mol. The first-order valence-electron chi connectivity index (χ1n) is 6.37. The fraction of sp³-hybridized carbons (Fsp3) is 0.571. The summed E-state index contributed by atoms with van der Waals surface area (Å²) in [6, 6.07) is 9.82. The standard InChI is InChI=1S/C14H22O3S/c1-2-3-9-18(16)12-14(15)11-17-10-13-7-5-4-6-8-13/h4-8,14-15H,2-3,9-12H2,1H3. The number of aliphatic hydroxyl groups excluding tert-OH is 1. The maximum Gasteiger partial charge on any atom is 0.0888 e. The molecule has 0 saturated heterocycles. The monoisotopic (exact) mass is 270 g/mol. The Labute approximate surface area is 112 Å². The Morgan fingerprint density at radius 2 is 2.06 bits per heavy atom. The van der Waals surface area contributed by atoms with Crippen molar-refractivity contribution >= 4 is 10.8 Å². The van der Waals surface area contributed by atoms with Crippen LogP contribution in [-0.2, 0) is 22.1 Å². The van der Waals surface area contributed by atoms with Crippen molar-refractivity contribution in [2.24, 2.45) is 0 Å². The number of rotatable bonds is 9. The van der Waals surface area contributed by atoms with E-state index in [1.807, 2.05) is 30.3 Å². The van der Waals surface area contributed by atoms with E-state index in [1.165, 1.54) is 0 Å². The van der Waals surface area contributed by atoms with Gasteiger partial charge in [-0.1, -0.05) is 43.7 Å². The number of benzene rings is 1. The average molecular weight is 270 g/mol. The summed E-state index contributed by atoms with van der Waals surface area (Å²) >= 11 is 0. The lowest BCUT2D eigenvalue weighted by Crippen LogP contribution is -2.23. The van der Waals surface area contributed by atoms with Crippen LogP contribution in [0.2, 0.25) is 0 Å². The first-order valence-corrected chi connectivity index (χ1v) is 7.86. The number of hydrogen-bond donors (Lipinski definition) is 1. The molecule has 1 aromatic carbocycles. The molecule has 0 fully saturated rings. The van der Waals surface area contributed by atoms with Crippen LogP contribution in [0.25, 0.3) is 0 Å². The minimum absolute atomic E-state index is 0.243. The molecule has 0 heterocycles. The molecule has 0 bridgehead atoms. The van der Waals surface area contributed by atoms with Gasteiger partial charge in [0.15, 0.2) is 0 Å². The summed E-state index contributed by atoms with van der Waals surface area (Å²) in [5.41, 5.74) is 1.08. The molecule has 0 aromatic heterocycles. The van der Waals surface area contributed by atoms with E-state index in [9.17, 15) is 9.32 Å². The van der Waals surface area contributed by atoms with Gasteiger partial charge in [-0.25, -0.2) is 0 Å². The zero-order valence-corrected chi connectivity index (χ0v) is 11.7. The van der Waals surface area contributed by atoms with Crippen molar-refractivity contribution in [3.05, 3.63) is 35.9 Å². The zero-order valence-electron chi connectivity index (χ0n) is 10.9. The van der Waals surface area contributed by atoms with Gasteiger partial charge in [0.2, 0.25) is 0 Å². The number of aliphatic hydroxyl groups is 1. The molecule has 4 heteroatoms. The second-order valence-corrected chi connectivity index (χ2v) is 5.94. The molecule has 0 spiro atoms. The highest BCUT2D eigenvalue weighted by Crippen LogP contribution is 2.02. The lowest BCUT2D eigenvalue weighted by atomic mass is 10.2. The van der Waals surface area contributed by atoms with Crippen molar-refractivity contribution < 1.29 is 14.1 Å². The molecule has 1 aromatic rings. The van der Waals surface area contributed by atoms with E-state index < -0.39 is 16.9 Å². The minimum Gasteiger partial charge on any atom is -0.390 e. The quantitative estimate of drug-likeness (QED) is 0.747. The van der Waals surface area contributed by atoms with E-state index in [2.05, 4.69) is 6.92 Å². The van der Waals surface area contributed by atoms with Gasteiger partial charge < -0.3 is 9.84 Å². The third-order valence-electron chi connectivity index (χ3n) is 2.53. The minimum atomic E-state index is -0.928. The molecule has 0 aliphatic rings. The summed E-state index contributed by atoms with van der Waals surface area (Å²) in [5.74, 6) is 0.987. The predicted octanol–water partition coefficient (Wildman–Crippen LogP) is 2.11. The average Bonchev–Trinajstić information content (AvgIpc) is 2.37. The number of ether oxygens (including phenoxy) is 1. The Morgan fingerprint density at radius 1 is 1.33 bits per heavy atom. The molecule has 2 atom stereocenters. The molecule has 1 N–H and O–H groups in total. The molecule has 0 amide bonds. The molecule has 0 radical (unpaired) electrons. The van der Waals surface area contributed by atoms with Crippen LogP contribution < -0.4 is 0 Å². The molecule has 18 heavy (non-hydrogen) atoms. The van der Waals surface area contributed by atoms with E-state index in [0.717, 1.165) is 18.4 Å². The maximum atomic E-state index is 11.5. The van der Waals surface area contributed by atoms with Gasteiger partial charge in [0.1, 0.15) is 0 Å². The van der Waals surface area contributed by atoms with E-state index in [-0.39, 0.29) is 6.61 Å². The topological polar surface area (TPSA) is 46.5 Å². The van der Waals surface area contributed by atoms with Crippen LogP contribution in [0.1, 0.15) is 25.3 Å². The lowest BCUT2D eigenvalue weighted by Gasteiger charge is -2.11. The van der Waals surface area contributed by atoms with Crippen LogP contribution in [0, 0.1) is 0 Å². The number of hydrogen-bond acceptors (Lipinski definition) is 3. The van der Waals surface area contributed by atoms with Crippen molar-refractivity contribution in [3.8, 4) is 0 Å². The third-order valence-corrected chi connectivity index (χ3v) is 4.03. The van der Waals surface area contributed by atoms with Crippen LogP contribution in [0.5, 0.6) is 0 Å². The number of unbranched alkanes of at least 4 members (excludes halogenated alkanes) is 1. The second kappa shape index (κ2) is 9.25. The van der Waals surface area contributed by atoms with Gasteiger partial charge in [-0.15, -0.1) is 0 Å². The van der Waals surface area contributed by atoms with Gasteiger partial charge in [0.05, 0.1) is 25.1 Å². The van der Waals surface area contributed by atoms with Crippen LogP contribution >= 0.6 is 0 Å². The van der Waals surface area contributed by atoms with Crippen LogP contribution in [0.15, 0.2) is 30.3 Å². The summed E-state index contributed by atoms with van der Waals surface area (Å²) in [6.07, 6.45) is 1.35. The molecule has 0 aliphatic heterocycles. The van der Waals surface area contributed by atoms with E-state index in [4.69, 9.17) is 4.74 Å². The van der Waals surface area contributed by atoms with Crippen molar-refractivity contribution in [3.63, 3.8) is 0 Å². The van der Waals surface area contributed by atoms with E-state index in [0.29, 0.717) is 18.1 Å². The first kappa shape index (κ1) is 15.3.